The summed E-state index contributed by atoms with van der Waals surface area (Å²) in [5.41, 5.74) is 3.50. The Hall–Kier alpha value is -2.62. The van der Waals surface area contributed by atoms with Crippen LogP contribution in [0.1, 0.15) is 29.5 Å². The van der Waals surface area contributed by atoms with E-state index in [9.17, 15) is 4.79 Å². The zero-order chi connectivity index (χ0) is 22.0. The van der Waals surface area contributed by atoms with Gasteiger partial charge in [0.1, 0.15) is 12.1 Å². The van der Waals surface area contributed by atoms with Crippen LogP contribution in [0.15, 0.2) is 51.8 Å². The third-order valence-electron chi connectivity index (χ3n) is 4.50. The number of aryl methyl sites for hydroxylation is 2. The zero-order valence-corrected chi connectivity index (χ0v) is 19.6. The Kier molecular flexibility index (Phi) is 6.45. The highest BCUT2D eigenvalue weighted by Gasteiger charge is 2.23. The first-order valence-corrected chi connectivity index (χ1v) is 11.7. The number of nitrogens with zero attached hydrogens (tertiary/aromatic N) is 5. The second-order valence-corrected chi connectivity index (χ2v) is 9.18. The van der Waals surface area contributed by atoms with Crippen molar-refractivity contribution in [1.29, 1.82) is 0 Å². The predicted molar refractivity (Wildman–Crippen MR) is 123 cm³/mol. The molecular weight excluding hydrogens is 454 g/mol. The van der Waals surface area contributed by atoms with Gasteiger partial charge in [0.05, 0.1) is 29.2 Å². The molecule has 0 aliphatic heterocycles. The van der Waals surface area contributed by atoms with Gasteiger partial charge >= 0.3 is 0 Å². The number of thiazole rings is 1. The fraction of sp³-hybridized carbons (Fsp3) is 0.238. The molecule has 7 nitrogen and oxygen atoms in total. The minimum Gasteiger partial charge on any atom is -0.467 e. The number of benzene rings is 1. The topological polar surface area (TPSA) is 77.1 Å². The normalized spacial score (nSPS) is 11.1. The molecule has 0 N–H and O–H groups in total. The summed E-state index contributed by atoms with van der Waals surface area (Å²) in [5, 5.41) is 12.0. The van der Waals surface area contributed by atoms with Crippen molar-refractivity contribution in [2.75, 3.05) is 4.90 Å². The van der Waals surface area contributed by atoms with Gasteiger partial charge in [-0.25, -0.2) is 4.98 Å². The molecule has 0 radical (unpaired) electrons. The second kappa shape index (κ2) is 9.25. The summed E-state index contributed by atoms with van der Waals surface area (Å²) in [4.78, 5) is 18.7. The SMILES string of the molecule is CC(=O)N(c1nc(CSc2nncn2Cc2ccco2)cs1)c1c(C)cc(C)cc1Cl. The minimum atomic E-state index is -0.138. The van der Waals surface area contributed by atoms with Gasteiger partial charge in [0.2, 0.25) is 5.91 Å². The summed E-state index contributed by atoms with van der Waals surface area (Å²) in [7, 11) is 0. The van der Waals surface area contributed by atoms with Crippen LogP contribution in [0.3, 0.4) is 0 Å². The molecule has 3 heterocycles. The lowest BCUT2D eigenvalue weighted by atomic mass is 10.1. The highest BCUT2D eigenvalue weighted by molar-refractivity contribution is 7.98. The summed E-state index contributed by atoms with van der Waals surface area (Å²) in [6.07, 6.45) is 3.32. The van der Waals surface area contributed by atoms with Crippen LogP contribution < -0.4 is 4.90 Å². The lowest BCUT2D eigenvalue weighted by Gasteiger charge is -2.22. The Bertz CT molecular complexity index is 1180. The molecule has 4 rings (SSSR count). The molecule has 10 heteroatoms. The Labute approximate surface area is 193 Å². The van der Waals surface area contributed by atoms with Gasteiger partial charge in [0, 0.05) is 18.1 Å². The van der Waals surface area contributed by atoms with E-state index in [0.29, 0.717) is 28.1 Å². The zero-order valence-electron chi connectivity index (χ0n) is 17.2. The molecule has 0 fully saturated rings. The van der Waals surface area contributed by atoms with E-state index >= 15 is 0 Å². The highest BCUT2D eigenvalue weighted by atomic mass is 35.5. The molecule has 0 aliphatic carbocycles. The predicted octanol–water partition coefficient (Wildman–Crippen LogP) is 5.62. The number of rotatable bonds is 7. The number of hydrogen-bond acceptors (Lipinski definition) is 7. The molecule has 31 heavy (non-hydrogen) atoms. The number of halogens is 1. The summed E-state index contributed by atoms with van der Waals surface area (Å²) < 4.78 is 7.33. The molecular formula is C21H20ClN5O2S2. The van der Waals surface area contributed by atoms with Gasteiger partial charge < -0.3 is 8.98 Å². The summed E-state index contributed by atoms with van der Waals surface area (Å²) in [6, 6.07) is 7.63. The molecule has 0 saturated carbocycles. The first-order valence-electron chi connectivity index (χ1n) is 9.47. The van der Waals surface area contributed by atoms with E-state index < -0.39 is 0 Å². The molecule has 1 aromatic carbocycles. The van der Waals surface area contributed by atoms with Crippen molar-refractivity contribution in [3.63, 3.8) is 0 Å². The number of carbonyl (C=O) groups excluding carboxylic acids is 1. The van der Waals surface area contributed by atoms with Gasteiger partial charge in [-0.2, -0.15) is 0 Å². The maximum atomic E-state index is 12.5. The minimum absolute atomic E-state index is 0.138. The molecule has 4 aromatic rings. The van der Waals surface area contributed by atoms with E-state index in [-0.39, 0.29) is 5.91 Å². The number of thioether (sulfide) groups is 1. The quantitative estimate of drug-likeness (QED) is 0.324. The van der Waals surface area contributed by atoms with Crippen molar-refractivity contribution in [1.82, 2.24) is 19.7 Å². The fourth-order valence-corrected chi connectivity index (χ4v) is 5.41. The Morgan fingerprint density at radius 2 is 2.19 bits per heavy atom. The van der Waals surface area contributed by atoms with Gasteiger partial charge in [0.15, 0.2) is 10.3 Å². The third-order valence-corrected chi connectivity index (χ3v) is 6.68. The Morgan fingerprint density at radius 1 is 1.35 bits per heavy atom. The van der Waals surface area contributed by atoms with Gasteiger partial charge in [-0.15, -0.1) is 21.5 Å². The lowest BCUT2D eigenvalue weighted by molar-refractivity contribution is -0.115. The van der Waals surface area contributed by atoms with Crippen LogP contribution in [0, 0.1) is 13.8 Å². The summed E-state index contributed by atoms with van der Waals surface area (Å²) in [6.45, 7) is 6.00. The Balaban J connectivity index is 1.52. The number of furan rings is 1. The monoisotopic (exact) mass is 473 g/mol. The van der Waals surface area contributed by atoms with Crippen molar-refractivity contribution in [3.8, 4) is 0 Å². The summed E-state index contributed by atoms with van der Waals surface area (Å²) >= 11 is 9.43. The first-order chi connectivity index (χ1) is 14.9. The van der Waals surface area contributed by atoms with Crippen molar-refractivity contribution in [3.05, 3.63) is 69.8 Å². The van der Waals surface area contributed by atoms with Crippen LogP contribution >= 0.6 is 34.7 Å². The standard InChI is InChI=1S/C21H20ClN5O2S2/c1-13-7-14(2)19(18(22)8-13)27(15(3)28)20-24-16(10-30-20)11-31-21-25-23-12-26(21)9-17-5-4-6-29-17/h4-8,10,12H,9,11H2,1-3H3. The average Bonchev–Trinajstić information content (AvgIpc) is 3.45. The van der Waals surface area contributed by atoms with Crippen LogP contribution in [0.4, 0.5) is 10.8 Å². The van der Waals surface area contributed by atoms with Crippen LogP contribution in [0.2, 0.25) is 5.02 Å². The van der Waals surface area contributed by atoms with Crippen molar-refractivity contribution in [2.45, 2.75) is 38.2 Å². The molecule has 0 unspecified atom stereocenters. The molecule has 1 amide bonds. The van der Waals surface area contributed by atoms with Crippen LogP contribution in [-0.4, -0.2) is 25.7 Å². The molecule has 0 atom stereocenters. The number of aromatic nitrogens is 4. The van der Waals surface area contributed by atoms with Crippen LogP contribution in [0.25, 0.3) is 0 Å². The number of amides is 1. The van der Waals surface area contributed by atoms with E-state index in [1.807, 2.05) is 48.1 Å². The Morgan fingerprint density at radius 3 is 2.90 bits per heavy atom. The maximum Gasteiger partial charge on any atom is 0.230 e. The van der Waals surface area contributed by atoms with Crippen LogP contribution in [0.5, 0.6) is 0 Å². The van der Waals surface area contributed by atoms with Crippen molar-refractivity contribution < 1.29 is 9.21 Å². The molecule has 0 bridgehead atoms. The molecule has 160 valence electrons. The van der Waals surface area contributed by atoms with E-state index in [0.717, 1.165) is 27.7 Å². The van der Waals surface area contributed by atoms with E-state index in [2.05, 4.69) is 15.2 Å². The largest absolute Gasteiger partial charge is 0.467 e. The number of hydrogen-bond donors (Lipinski definition) is 0. The second-order valence-electron chi connectivity index (χ2n) is 7.00. The van der Waals surface area contributed by atoms with Gasteiger partial charge in [-0.3, -0.25) is 9.69 Å². The first kappa shape index (κ1) is 21.6. The van der Waals surface area contributed by atoms with Crippen molar-refractivity contribution in [2.24, 2.45) is 0 Å². The maximum absolute atomic E-state index is 12.5. The van der Waals surface area contributed by atoms with E-state index in [1.165, 1.54) is 30.0 Å². The van der Waals surface area contributed by atoms with Gasteiger partial charge in [-0.1, -0.05) is 29.4 Å². The summed E-state index contributed by atoms with van der Waals surface area (Å²) in [5.74, 6) is 1.29. The fourth-order valence-electron chi connectivity index (χ4n) is 3.22. The lowest BCUT2D eigenvalue weighted by Crippen LogP contribution is -2.24. The molecule has 0 aliphatic rings. The highest BCUT2D eigenvalue weighted by Crippen LogP contribution is 2.38. The third kappa shape index (κ3) is 4.84. The van der Waals surface area contributed by atoms with Crippen LogP contribution in [-0.2, 0) is 17.1 Å². The van der Waals surface area contributed by atoms with E-state index in [4.69, 9.17) is 16.0 Å². The number of anilines is 2. The van der Waals surface area contributed by atoms with Gasteiger partial charge in [0.25, 0.3) is 0 Å². The average molecular weight is 474 g/mol. The molecule has 3 aromatic heterocycles. The van der Waals surface area contributed by atoms with Crippen molar-refractivity contribution >= 4 is 51.4 Å². The smallest absolute Gasteiger partial charge is 0.230 e. The van der Waals surface area contributed by atoms with E-state index in [1.54, 1.807) is 17.5 Å². The molecule has 0 saturated heterocycles. The molecule has 0 spiro atoms. The van der Waals surface area contributed by atoms with Gasteiger partial charge in [-0.05, 0) is 43.2 Å². The number of carbonyl (C=O) groups is 1.